The highest BCUT2D eigenvalue weighted by atomic mass is 16.5. The third-order valence-corrected chi connectivity index (χ3v) is 3.81. The summed E-state index contributed by atoms with van der Waals surface area (Å²) >= 11 is 0. The van der Waals surface area contributed by atoms with Gasteiger partial charge in [-0.3, -0.25) is 4.79 Å². The van der Waals surface area contributed by atoms with Crippen LogP contribution >= 0.6 is 0 Å². The number of Topliss-reactive ketones (excluding diaryl/α,β-unsaturated/α-hetero) is 1. The molecule has 0 spiro atoms. The van der Waals surface area contributed by atoms with E-state index in [1.807, 2.05) is 24.3 Å². The average Bonchev–Trinajstić information content (AvgIpc) is 2.69. The fourth-order valence-electron chi connectivity index (χ4n) is 2.60. The molecule has 2 aromatic rings. The Morgan fingerprint density at radius 3 is 2.82 bits per heavy atom. The number of ketones is 1. The monoisotopic (exact) mass is 299 g/mol. The number of ether oxygens (including phenoxy) is 2. The van der Waals surface area contributed by atoms with Crippen molar-refractivity contribution in [1.82, 2.24) is 9.97 Å². The van der Waals surface area contributed by atoms with Crippen LogP contribution in [0.5, 0.6) is 11.6 Å². The van der Waals surface area contributed by atoms with Gasteiger partial charge in [-0.25, -0.2) is 9.97 Å². The number of nitrogens with two attached hydrogens (primary N) is 1. The molecule has 2 N–H and O–H groups in total. The molecule has 0 amide bonds. The molecule has 1 aliphatic heterocycles. The second-order valence-electron chi connectivity index (χ2n) is 5.19. The third kappa shape index (κ3) is 2.72. The molecular formula is C16H17N3O3. The molecule has 0 saturated heterocycles. The predicted molar refractivity (Wildman–Crippen MR) is 81.1 cm³/mol. The molecule has 0 radical (unpaired) electrons. The van der Waals surface area contributed by atoms with Crippen molar-refractivity contribution >= 4 is 11.6 Å². The van der Waals surface area contributed by atoms with Gasteiger partial charge in [-0.2, -0.15) is 0 Å². The van der Waals surface area contributed by atoms with Gasteiger partial charge in [-0.05, 0) is 30.5 Å². The van der Waals surface area contributed by atoms with Gasteiger partial charge in [0.2, 0.25) is 5.88 Å². The Balaban J connectivity index is 1.85. The molecule has 114 valence electrons. The van der Waals surface area contributed by atoms with Gasteiger partial charge in [-0.15, -0.1) is 0 Å². The van der Waals surface area contributed by atoms with E-state index in [0.29, 0.717) is 25.0 Å². The summed E-state index contributed by atoms with van der Waals surface area (Å²) in [6.45, 7) is 0.440. The first-order valence-electron chi connectivity index (χ1n) is 7.09. The second kappa shape index (κ2) is 6.01. The number of fused-ring (bicyclic) bond motifs is 1. The van der Waals surface area contributed by atoms with Crippen LogP contribution < -0.4 is 15.2 Å². The summed E-state index contributed by atoms with van der Waals surface area (Å²) in [6, 6.07) is 7.70. The second-order valence-corrected chi connectivity index (χ2v) is 5.19. The maximum absolute atomic E-state index is 12.7. The number of anilines is 1. The molecule has 3 rings (SSSR count). The number of methoxy groups -OCH3 is 1. The van der Waals surface area contributed by atoms with Crippen LogP contribution in [0, 0.1) is 5.92 Å². The summed E-state index contributed by atoms with van der Waals surface area (Å²) in [5.74, 6) is 1.01. The van der Waals surface area contributed by atoms with Gasteiger partial charge < -0.3 is 15.2 Å². The normalized spacial score (nSPS) is 17.3. The minimum atomic E-state index is -0.192. The van der Waals surface area contributed by atoms with Crippen molar-refractivity contribution in [2.45, 2.75) is 12.8 Å². The first-order valence-corrected chi connectivity index (χ1v) is 7.09. The first kappa shape index (κ1) is 14.3. The van der Waals surface area contributed by atoms with Crippen molar-refractivity contribution in [2.75, 3.05) is 19.5 Å². The van der Waals surface area contributed by atoms with Crippen molar-refractivity contribution in [3.63, 3.8) is 0 Å². The Morgan fingerprint density at radius 2 is 2.09 bits per heavy atom. The van der Waals surface area contributed by atoms with E-state index in [4.69, 9.17) is 15.2 Å². The third-order valence-electron chi connectivity index (χ3n) is 3.81. The minimum Gasteiger partial charge on any atom is -0.497 e. The van der Waals surface area contributed by atoms with Crippen molar-refractivity contribution in [3.8, 4) is 11.6 Å². The van der Waals surface area contributed by atoms with Crippen LogP contribution in [-0.2, 0) is 6.42 Å². The lowest BCUT2D eigenvalue weighted by molar-refractivity contribution is 0.0915. The first-order chi connectivity index (χ1) is 10.7. The predicted octanol–water partition coefficient (Wildman–Crippen LogP) is 1.89. The number of aromatic nitrogens is 2. The van der Waals surface area contributed by atoms with Crippen LogP contribution in [0.15, 0.2) is 30.6 Å². The van der Waals surface area contributed by atoms with Crippen molar-refractivity contribution < 1.29 is 14.3 Å². The number of hydrogen-bond acceptors (Lipinski definition) is 6. The van der Waals surface area contributed by atoms with Gasteiger partial charge in [0.05, 0.1) is 13.7 Å². The van der Waals surface area contributed by atoms with Gasteiger partial charge in [0.15, 0.2) is 5.78 Å². The Hall–Kier alpha value is -2.63. The highest BCUT2D eigenvalue weighted by molar-refractivity contribution is 6.03. The number of hydrogen-bond donors (Lipinski definition) is 1. The van der Waals surface area contributed by atoms with E-state index >= 15 is 0 Å². The van der Waals surface area contributed by atoms with E-state index in [2.05, 4.69) is 9.97 Å². The minimum absolute atomic E-state index is 0.0542. The Bertz CT molecular complexity index is 686. The summed E-state index contributed by atoms with van der Waals surface area (Å²) in [7, 11) is 1.63. The summed E-state index contributed by atoms with van der Waals surface area (Å²) < 4.78 is 10.7. The molecule has 0 aliphatic carbocycles. The van der Waals surface area contributed by atoms with Crippen LogP contribution in [0.1, 0.15) is 22.3 Å². The van der Waals surface area contributed by atoms with Crippen LogP contribution in [0.3, 0.4) is 0 Å². The molecule has 6 heteroatoms. The molecule has 1 aromatic carbocycles. The topological polar surface area (TPSA) is 87.3 Å². The van der Waals surface area contributed by atoms with E-state index < -0.39 is 0 Å². The number of nitrogens with zero attached hydrogens (tertiary/aromatic N) is 2. The van der Waals surface area contributed by atoms with Gasteiger partial charge in [-0.1, -0.05) is 12.1 Å². The average molecular weight is 299 g/mol. The fraction of sp³-hybridized carbons (Fsp3) is 0.312. The lowest BCUT2D eigenvalue weighted by atomic mass is 9.90. The van der Waals surface area contributed by atoms with E-state index in [1.54, 1.807) is 7.11 Å². The maximum atomic E-state index is 12.7. The SMILES string of the molecule is COc1ccc(CC2CCOc3ncnc(N)c3C2=O)cc1. The van der Waals surface area contributed by atoms with E-state index in [1.165, 1.54) is 6.33 Å². The fourth-order valence-corrected chi connectivity index (χ4v) is 2.60. The number of rotatable bonds is 3. The molecule has 1 unspecified atom stereocenters. The van der Waals surface area contributed by atoms with Crippen molar-refractivity contribution in [3.05, 3.63) is 41.7 Å². The highest BCUT2D eigenvalue weighted by Crippen LogP contribution is 2.30. The maximum Gasteiger partial charge on any atom is 0.229 e. The largest absolute Gasteiger partial charge is 0.497 e. The molecule has 22 heavy (non-hydrogen) atoms. The lowest BCUT2D eigenvalue weighted by Gasteiger charge is -2.13. The van der Waals surface area contributed by atoms with E-state index in [-0.39, 0.29) is 23.4 Å². The van der Waals surface area contributed by atoms with Gasteiger partial charge >= 0.3 is 0 Å². The summed E-state index contributed by atoms with van der Waals surface area (Å²) in [6.07, 6.45) is 2.56. The van der Waals surface area contributed by atoms with Gasteiger partial charge in [0, 0.05) is 5.92 Å². The molecule has 0 saturated carbocycles. The zero-order valence-corrected chi connectivity index (χ0v) is 12.3. The quantitative estimate of drug-likeness (QED) is 0.931. The smallest absolute Gasteiger partial charge is 0.229 e. The Morgan fingerprint density at radius 1 is 1.32 bits per heavy atom. The lowest BCUT2D eigenvalue weighted by Crippen LogP contribution is -2.18. The Kier molecular flexibility index (Phi) is 3.91. The van der Waals surface area contributed by atoms with Crippen LogP contribution in [0.25, 0.3) is 0 Å². The molecule has 6 nitrogen and oxygen atoms in total. The number of benzene rings is 1. The van der Waals surface area contributed by atoms with Crippen molar-refractivity contribution in [1.29, 1.82) is 0 Å². The van der Waals surface area contributed by atoms with Crippen molar-refractivity contribution in [2.24, 2.45) is 5.92 Å². The molecule has 1 aromatic heterocycles. The van der Waals surface area contributed by atoms with E-state index in [0.717, 1.165) is 11.3 Å². The van der Waals surface area contributed by atoms with Crippen LogP contribution in [0.2, 0.25) is 0 Å². The standard InChI is InChI=1S/C16H17N3O3/c1-21-12-4-2-10(3-5-12)8-11-6-7-22-16-13(14(11)20)15(17)18-9-19-16/h2-5,9,11H,6-8H2,1H3,(H2,17,18,19). The molecule has 2 heterocycles. The number of carbonyl (C=O) groups excluding carboxylic acids is 1. The molecule has 0 fully saturated rings. The zero-order chi connectivity index (χ0) is 15.5. The molecular weight excluding hydrogens is 282 g/mol. The van der Waals surface area contributed by atoms with E-state index in [9.17, 15) is 4.79 Å². The zero-order valence-electron chi connectivity index (χ0n) is 12.3. The highest BCUT2D eigenvalue weighted by Gasteiger charge is 2.30. The van der Waals surface area contributed by atoms with Gasteiger partial charge in [0.25, 0.3) is 0 Å². The molecule has 0 bridgehead atoms. The van der Waals surface area contributed by atoms with Crippen LogP contribution in [0.4, 0.5) is 5.82 Å². The Labute approximate surface area is 128 Å². The number of carbonyl (C=O) groups is 1. The number of nitrogen functional groups attached to an aromatic ring is 1. The molecule has 1 aliphatic rings. The molecule has 1 atom stereocenters. The van der Waals surface area contributed by atoms with Gasteiger partial charge in [0.1, 0.15) is 23.5 Å². The summed E-state index contributed by atoms with van der Waals surface area (Å²) in [5, 5.41) is 0. The van der Waals surface area contributed by atoms with Crippen LogP contribution in [-0.4, -0.2) is 29.5 Å². The summed E-state index contributed by atoms with van der Waals surface area (Å²) in [5.41, 5.74) is 7.20. The summed E-state index contributed by atoms with van der Waals surface area (Å²) in [4.78, 5) is 20.6.